The minimum absolute atomic E-state index is 0.0496. The second kappa shape index (κ2) is 13.9. The summed E-state index contributed by atoms with van der Waals surface area (Å²) in [6.07, 6.45) is 5.19. The monoisotopic (exact) mass is 597 g/mol. The summed E-state index contributed by atoms with van der Waals surface area (Å²) in [5, 5.41) is 3.50. The van der Waals surface area contributed by atoms with E-state index in [0.717, 1.165) is 47.4 Å². The fourth-order valence-electron chi connectivity index (χ4n) is 5.13. The quantitative estimate of drug-likeness (QED) is 0.323. The van der Waals surface area contributed by atoms with Gasteiger partial charge in [0.15, 0.2) is 0 Å². The Kier molecular flexibility index (Phi) is 10.3. The van der Waals surface area contributed by atoms with Crippen LogP contribution in [0.4, 0.5) is 5.69 Å². The van der Waals surface area contributed by atoms with Gasteiger partial charge >= 0.3 is 0 Å². The molecule has 0 bridgehead atoms. The summed E-state index contributed by atoms with van der Waals surface area (Å²) in [6.45, 7) is -0.413. The third-order valence-corrected chi connectivity index (χ3v) is 8.61. The van der Waals surface area contributed by atoms with Crippen molar-refractivity contribution in [3.63, 3.8) is 0 Å². The van der Waals surface area contributed by atoms with Crippen LogP contribution in [-0.2, 0) is 32.6 Å². The van der Waals surface area contributed by atoms with Crippen LogP contribution < -0.4 is 14.4 Å². The van der Waals surface area contributed by atoms with Crippen LogP contribution in [0.3, 0.4) is 0 Å². The van der Waals surface area contributed by atoms with Crippen LogP contribution in [0.5, 0.6) is 5.75 Å². The molecule has 0 unspecified atom stereocenters. The summed E-state index contributed by atoms with van der Waals surface area (Å²) in [5.74, 6) is -0.159. The summed E-state index contributed by atoms with van der Waals surface area (Å²) < 4.78 is 32.2. The molecular weight excluding hydrogens is 562 g/mol. The molecule has 3 aromatic carbocycles. The Morgan fingerprint density at radius 1 is 0.976 bits per heavy atom. The first kappa shape index (κ1) is 30.4. The van der Waals surface area contributed by atoms with Crippen molar-refractivity contribution in [2.24, 2.45) is 0 Å². The molecule has 2 amide bonds. The van der Waals surface area contributed by atoms with Gasteiger partial charge in [-0.2, -0.15) is 0 Å². The largest absolute Gasteiger partial charge is 0.497 e. The lowest BCUT2D eigenvalue weighted by atomic mass is 10.0. The average molecular weight is 598 g/mol. The van der Waals surface area contributed by atoms with E-state index in [4.69, 9.17) is 16.3 Å². The number of benzene rings is 3. The predicted molar refractivity (Wildman–Crippen MR) is 162 cm³/mol. The van der Waals surface area contributed by atoms with Gasteiger partial charge in [-0.3, -0.25) is 13.9 Å². The molecule has 8 nitrogen and oxygen atoms in total. The Morgan fingerprint density at radius 2 is 1.66 bits per heavy atom. The third kappa shape index (κ3) is 8.47. The van der Waals surface area contributed by atoms with Crippen LogP contribution in [0.1, 0.15) is 36.8 Å². The molecule has 1 saturated carbocycles. The molecule has 1 aliphatic carbocycles. The molecule has 0 radical (unpaired) electrons. The number of carbonyl (C=O) groups is 2. The van der Waals surface area contributed by atoms with Gasteiger partial charge in [0.05, 0.1) is 19.1 Å². The van der Waals surface area contributed by atoms with Crippen molar-refractivity contribution in [3.8, 4) is 5.75 Å². The number of methoxy groups -OCH3 is 1. The predicted octanol–water partition coefficient (Wildman–Crippen LogP) is 4.81. The minimum atomic E-state index is -3.86. The van der Waals surface area contributed by atoms with Gasteiger partial charge in [0.1, 0.15) is 18.3 Å². The van der Waals surface area contributed by atoms with E-state index >= 15 is 0 Å². The van der Waals surface area contributed by atoms with Crippen LogP contribution >= 0.6 is 11.6 Å². The zero-order valence-electron chi connectivity index (χ0n) is 23.3. The summed E-state index contributed by atoms with van der Waals surface area (Å²) in [7, 11) is -2.30. The normalized spacial score (nSPS) is 14.3. The van der Waals surface area contributed by atoms with Crippen LogP contribution in [0, 0.1) is 0 Å². The van der Waals surface area contributed by atoms with E-state index < -0.39 is 28.5 Å². The molecular formula is C31H36ClN3O5S. The first-order valence-electron chi connectivity index (χ1n) is 13.6. The summed E-state index contributed by atoms with van der Waals surface area (Å²) >= 11 is 6.16. The minimum Gasteiger partial charge on any atom is -0.497 e. The van der Waals surface area contributed by atoms with E-state index in [2.05, 4.69) is 5.32 Å². The van der Waals surface area contributed by atoms with Crippen molar-refractivity contribution in [2.75, 3.05) is 24.2 Å². The smallest absolute Gasteiger partial charge is 0.244 e. The molecule has 0 aromatic heterocycles. The number of ether oxygens (including phenoxy) is 1. The number of nitrogens with one attached hydrogen (secondary N) is 1. The van der Waals surface area contributed by atoms with Gasteiger partial charge in [-0.15, -0.1) is 0 Å². The van der Waals surface area contributed by atoms with Crippen molar-refractivity contribution in [3.05, 3.63) is 95.0 Å². The maximum absolute atomic E-state index is 14.2. The molecule has 41 heavy (non-hydrogen) atoms. The number of nitrogens with zero attached hydrogens (tertiary/aromatic N) is 2. The van der Waals surface area contributed by atoms with Gasteiger partial charge < -0.3 is 15.0 Å². The van der Waals surface area contributed by atoms with Crippen molar-refractivity contribution in [1.29, 1.82) is 0 Å². The van der Waals surface area contributed by atoms with Crippen LogP contribution in [0.2, 0.25) is 5.02 Å². The Balaban J connectivity index is 1.73. The number of halogens is 1. The van der Waals surface area contributed by atoms with E-state index in [0.29, 0.717) is 10.8 Å². The fourth-order valence-corrected chi connectivity index (χ4v) is 6.16. The van der Waals surface area contributed by atoms with Crippen LogP contribution in [0.25, 0.3) is 0 Å². The number of amides is 2. The number of hydrogen-bond acceptors (Lipinski definition) is 5. The van der Waals surface area contributed by atoms with Crippen molar-refractivity contribution < 1.29 is 22.7 Å². The number of sulfonamides is 1. The van der Waals surface area contributed by atoms with Gasteiger partial charge in [-0.1, -0.05) is 73.0 Å². The van der Waals surface area contributed by atoms with Crippen molar-refractivity contribution >= 4 is 39.1 Å². The maximum atomic E-state index is 14.2. The maximum Gasteiger partial charge on any atom is 0.244 e. The molecule has 1 aliphatic rings. The van der Waals surface area contributed by atoms with Crippen molar-refractivity contribution in [1.82, 2.24) is 10.2 Å². The zero-order chi connectivity index (χ0) is 29.4. The molecule has 4 rings (SSSR count). The van der Waals surface area contributed by atoms with Crippen LogP contribution in [0.15, 0.2) is 78.9 Å². The number of anilines is 1. The fraction of sp³-hybridized carbons (Fsp3) is 0.355. The molecule has 3 aromatic rings. The van der Waals surface area contributed by atoms with Gasteiger partial charge in [0, 0.05) is 24.0 Å². The van der Waals surface area contributed by atoms with E-state index in [1.807, 2.05) is 42.5 Å². The molecule has 218 valence electrons. The standard InChI is InChI=1S/C31H36ClN3O5S/c1-40-28-17-8-12-24(18-28)21-34(30(36)22-35(41(2,38)39)27-16-9-13-25(32)20-27)29(19-23-10-4-3-5-11-23)31(37)33-26-14-6-7-15-26/h3-5,8-13,16-18,20,26,29H,6-7,14-15,19,21-22H2,1-2H3,(H,33,37)/t29-/m1/s1. The number of carbonyl (C=O) groups excluding carboxylic acids is 2. The van der Waals surface area contributed by atoms with Gasteiger partial charge in [0.25, 0.3) is 0 Å². The second-order valence-corrected chi connectivity index (χ2v) is 12.7. The highest BCUT2D eigenvalue weighted by Gasteiger charge is 2.34. The Morgan fingerprint density at radius 3 is 2.32 bits per heavy atom. The topological polar surface area (TPSA) is 96.0 Å². The molecule has 0 spiro atoms. The molecule has 1 atom stereocenters. The van der Waals surface area contributed by atoms with Gasteiger partial charge in [-0.25, -0.2) is 8.42 Å². The Hall–Kier alpha value is -3.56. The second-order valence-electron chi connectivity index (χ2n) is 10.3. The van der Waals surface area contributed by atoms with Crippen LogP contribution in [-0.4, -0.2) is 57.1 Å². The molecule has 0 aliphatic heterocycles. The van der Waals surface area contributed by atoms with E-state index in [9.17, 15) is 18.0 Å². The molecule has 0 heterocycles. The highest BCUT2D eigenvalue weighted by atomic mass is 35.5. The molecule has 1 N–H and O–H groups in total. The Bertz CT molecular complexity index is 1440. The lowest BCUT2D eigenvalue weighted by Crippen LogP contribution is -2.54. The summed E-state index contributed by atoms with van der Waals surface area (Å²) in [4.78, 5) is 29.5. The van der Waals surface area contributed by atoms with Gasteiger partial charge in [-0.05, 0) is 54.3 Å². The summed E-state index contributed by atoms with van der Waals surface area (Å²) in [6, 6.07) is 22.3. The van der Waals surface area contributed by atoms with E-state index in [1.165, 1.54) is 11.0 Å². The van der Waals surface area contributed by atoms with E-state index in [1.54, 1.807) is 37.4 Å². The van der Waals surface area contributed by atoms with E-state index in [-0.39, 0.29) is 30.6 Å². The Labute approximate surface area is 247 Å². The number of rotatable bonds is 12. The molecule has 0 saturated heterocycles. The third-order valence-electron chi connectivity index (χ3n) is 7.24. The highest BCUT2D eigenvalue weighted by Crippen LogP contribution is 2.24. The van der Waals surface area contributed by atoms with Crippen molar-refractivity contribution in [2.45, 2.75) is 50.7 Å². The molecule has 10 heteroatoms. The van der Waals surface area contributed by atoms with Gasteiger partial charge in [0.2, 0.25) is 21.8 Å². The first-order chi connectivity index (χ1) is 19.6. The highest BCUT2D eigenvalue weighted by molar-refractivity contribution is 7.92. The first-order valence-corrected chi connectivity index (χ1v) is 15.9. The molecule has 1 fully saturated rings. The lowest BCUT2D eigenvalue weighted by molar-refractivity contribution is -0.140. The lowest BCUT2D eigenvalue weighted by Gasteiger charge is -2.34. The summed E-state index contributed by atoms with van der Waals surface area (Å²) in [5.41, 5.74) is 1.90. The zero-order valence-corrected chi connectivity index (χ0v) is 24.9. The SMILES string of the molecule is COc1cccc(CN(C(=O)CN(c2cccc(Cl)c2)S(C)(=O)=O)[C@H](Cc2ccccc2)C(=O)NC2CCCC2)c1. The average Bonchev–Trinajstić information content (AvgIpc) is 3.46. The number of hydrogen-bond donors (Lipinski definition) is 1.